The Labute approximate surface area is 229 Å². The third kappa shape index (κ3) is 2.69. The summed E-state index contributed by atoms with van der Waals surface area (Å²) in [7, 11) is 0. The molecule has 10 atom stereocenters. The molecule has 7 aliphatic rings. The first-order valence-electron chi connectivity index (χ1n) is 15.1. The lowest BCUT2D eigenvalue weighted by Gasteiger charge is -2.57. The van der Waals surface area contributed by atoms with E-state index in [-0.39, 0.29) is 22.5 Å². The summed E-state index contributed by atoms with van der Waals surface area (Å²) in [6.45, 7) is 3.36. The van der Waals surface area contributed by atoms with Crippen LogP contribution in [0.3, 0.4) is 0 Å². The van der Waals surface area contributed by atoms with E-state index in [1.54, 1.807) is 0 Å². The van der Waals surface area contributed by atoms with Crippen molar-refractivity contribution < 1.29 is 20.1 Å². The van der Waals surface area contributed by atoms with Crippen molar-refractivity contribution in [1.82, 2.24) is 9.88 Å². The lowest BCUT2D eigenvalue weighted by molar-refractivity contribution is -0.188. The van der Waals surface area contributed by atoms with Crippen molar-refractivity contribution >= 4 is 10.8 Å². The Bertz CT molecular complexity index is 1460. The summed E-state index contributed by atoms with van der Waals surface area (Å²) >= 11 is 0. The fourth-order valence-electron chi connectivity index (χ4n) is 10.8. The molecule has 3 saturated carbocycles. The van der Waals surface area contributed by atoms with Gasteiger partial charge in [-0.15, -0.1) is 0 Å². The molecule has 1 unspecified atom stereocenters. The van der Waals surface area contributed by atoms with Crippen LogP contribution in [0, 0.1) is 17.3 Å². The molecule has 6 nitrogen and oxygen atoms in total. The van der Waals surface area contributed by atoms with Crippen molar-refractivity contribution in [1.29, 1.82) is 0 Å². The Morgan fingerprint density at radius 1 is 1.03 bits per heavy atom. The number of allylic oxidation sites excluding steroid dienone is 1. The highest BCUT2D eigenvalue weighted by molar-refractivity contribution is 5.82. The van der Waals surface area contributed by atoms with Gasteiger partial charge in [-0.25, -0.2) is 0 Å². The Morgan fingerprint density at radius 3 is 2.69 bits per heavy atom. The maximum Gasteiger partial charge on any atom is 0.118 e. The second-order valence-corrected chi connectivity index (χ2v) is 14.1. The van der Waals surface area contributed by atoms with Crippen molar-refractivity contribution in [3.63, 3.8) is 0 Å². The van der Waals surface area contributed by atoms with E-state index >= 15 is 0 Å². The molecule has 4 aliphatic carbocycles. The lowest BCUT2D eigenvalue weighted by Crippen LogP contribution is -2.62. The molecule has 0 radical (unpaired) electrons. The normalized spacial score (nSPS) is 49.6. The molecule has 2 bridgehead atoms. The number of β-amino-alcohol motifs (C(OH)–C–C–N with tert-alkyl or cyclic N) is 2. The maximum atomic E-state index is 12.0. The molecule has 2 saturated heterocycles. The van der Waals surface area contributed by atoms with Crippen LogP contribution in [0.15, 0.2) is 60.0 Å². The van der Waals surface area contributed by atoms with E-state index in [0.717, 1.165) is 32.1 Å². The van der Waals surface area contributed by atoms with Gasteiger partial charge in [0.15, 0.2) is 0 Å². The average Bonchev–Trinajstić information content (AvgIpc) is 3.34. The molecule has 2 aromatic rings. The SMILES string of the molecule is C[C@]12CC=C3C=C4CC[C@@H](N5C[C@H](O)[C@@H](O)C5)[C@@H](O)[C@]45CCC3(O5)[C@@H]1C[C@H]1C[C@]12c1ccc2ccncc2c1. The monoisotopic (exact) mass is 526 g/mol. The molecule has 9 rings (SSSR count). The lowest BCUT2D eigenvalue weighted by atomic mass is 9.55. The standard InChI is InChI=1S/C33H38N2O4/c1-30-8-6-23-13-22-4-5-25(35-17-26(36)27(37)18-35)29(38)33(22)10-9-32(23,39-33)28(30)14-24-15-31(24,30)21-3-2-19-7-11-34-16-20(19)12-21/h2-3,6-7,11-13,16,24-29,36-38H,4-5,8-10,14-15,17-18H2,1H3/t24-,25+,26-,27-,28+,29+,30-,31-,32?,33-/m0/s1. The molecule has 3 N–H and O–H groups in total. The molecule has 39 heavy (non-hydrogen) atoms. The number of nitrogens with zero attached hydrogens (tertiary/aromatic N) is 2. The fourth-order valence-corrected chi connectivity index (χ4v) is 10.8. The van der Waals surface area contributed by atoms with Crippen molar-refractivity contribution in [3.8, 4) is 0 Å². The zero-order valence-electron chi connectivity index (χ0n) is 22.6. The highest BCUT2D eigenvalue weighted by Gasteiger charge is 2.78. The van der Waals surface area contributed by atoms with Crippen LogP contribution in [0.4, 0.5) is 0 Å². The van der Waals surface area contributed by atoms with E-state index in [2.05, 4.69) is 53.2 Å². The summed E-state index contributed by atoms with van der Waals surface area (Å²) in [5.74, 6) is 1.10. The number of hydrogen-bond acceptors (Lipinski definition) is 6. The topological polar surface area (TPSA) is 86.1 Å². The van der Waals surface area contributed by atoms with Crippen LogP contribution in [-0.4, -0.2) is 73.8 Å². The van der Waals surface area contributed by atoms with Gasteiger partial charge in [-0.2, -0.15) is 0 Å². The summed E-state index contributed by atoms with van der Waals surface area (Å²) in [4.78, 5) is 6.50. The molecule has 3 aliphatic heterocycles. The minimum absolute atomic E-state index is 0.0980. The van der Waals surface area contributed by atoms with Gasteiger partial charge in [0, 0.05) is 42.3 Å². The van der Waals surface area contributed by atoms with Crippen LogP contribution in [-0.2, 0) is 10.2 Å². The smallest absolute Gasteiger partial charge is 0.118 e. The number of aliphatic hydroxyl groups excluding tert-OH is 3. The molecule has 1 aromatic heterocycles. The van der Waals surface area contributed by atoms with Crippen molar-refractivity contribution in [2.24, 2.45) is 17.3 Å². The molecule has 2 spiro atoms. The Balaban J connectivity index is 1.10. The largest absolute Gasteiger partial charge is 0.389 e. The van der Waals surface area contributed by atoms with Crippen LogP contribution >= 0.6 is 0 Å². The number of ether oxygens (including phenoxy) is 1. The summed E-state index contributed by atoms with van der Waals surface area (Å²) in [6, 6.07) is 9.05. The van der Waals surface area contributed by atoms with Gasteiger partial charge in [-0.1, -0.05) is 31.2 Å². The number of hydrogen-bond donors (Lipinski definition) is 3. The van der Waals surface area contributed by atoms with Gasteiger partial charge < -0.3 is 20.1 Å². The van der Waals surface area contributed by atoms with Gasteiger partial charge >= 0.3 is 0 Å². The Hall–Kier alpha value is -2.09. The molecule has 5 fully saturated rings. The molecule has 0 amide bonds. The van der Waals surface area contributed by atoms with Gasteiger partial charge in [-0.05, 0) is 96.4 Å². The summed E-state index contributed by atoms with van der Waals surface area (Å²) in [6.07, 6.45) is 13.7. The summed E-state index contributed by atoms with van der Waals surface area (Å²) in [5, 5.41) is 34.9. The predicted molar refractivity (Wildman–Crippen MR) is 147 cm³/mol. The molecule has 6 heteroatoms. The summed E-state index contributed by atoms with van der Waals surface area (Å²) in [5.41, 5.74) is 3.40. The third-order valence-electron chi connectivity index (χ3n) is 12.8. The predicted octanol–water partition coefficient (Wildman–Crippen LogP) is 3.64. The quantitative estimate of drug-likeness (QED) is 0.554. The highest BCUT2D eigenvalue weighted by Crippen LogP contribution is 2.80. The number of aromatic nitrogens is 1. The van der Waals surface area contributed by atoms with Crippen molar-refractivity contribution in [2.75, 3.05) is 13.1 Å². The zero-order chi connectivity index (χ0) is 26.4. The fraction of sp³-hybridized carbons (Fsp3) is 0.606. The van der Waals surface area contributed by atoms with E-state index in [1.807, 2.05) is 12.4 Å². The summed E-state index contributed by atoms with van der Waals surface area (Å²) < 4.78 is 7.39. The van der Waals surface area contributed by atoms with Crippen molar-refractivity contribution in [2.45, 2.75) is 92.8 Å². The number of fused-ring (bicyclic) bond motifs is 4. The van der Waals surface area contributed by atoms with Gasteiger partial charge in [0.1, 0.15) is 11.7 Å². The van der Waals surface area contributed by atoms with Gasteiger partial charge in [0.25, 0.3) is 0 Å². The molecular weight excluding hydrogens is 488 g/mol. The van der Waals surface area contributed by atoms with Crippen LogP contribution in [0.5, 0.6) is 0 Å². The highest BCUT2D eigenvalue weighted by atomic mass is 16.5. The zero-order valence-corrected chi connectivity index (χ0v) is 22.6. The van der Waals surface area contributed by atoms with Crippen LogP contribution in [0.25, 0.3) is 10.8 Å². The van der Waals surface area contributed by atoms with E-state index < -0.39 is 23.9 Å². The van der Waals surface area contributed by atoms with E-state index in [0.29, 0.717) is 24.9 Å². The molecule has 4 heterocycles. The minimum atomic E-state index is -0.741. The minimum Gasteiger partial charge on any atom is -0.389 e. The first-order chi connectivity index (χ1) is 18.8. The number of aliphatic hydroxyl groups is 3. The van der Waals surface area contributed by atoms with Crippen LogP contribution in [0.2, 0.25) is 0 Å². The average molecular weight is 527 g/mol. The second kappa shape index (κ2) is 7.40. The van der Waals surface area contributed by atoms with Gasteiger partial charge in [-0.3, -0.25) is 9.88 Å². The molecule has 1 aromatic carbocycles. The van der Waals surface area contributed by atoms with E-state index in [9.17, 15) is 15.3 Å². The molecular formula is C33H38N2O4. The maximum absolute atomic E-state index is 12.0. The second-order valence-electron chi connectivity index (χ2n) is 14.1. The Kier molecular flexibility index (Phi) is 4.48. The van der Waals surface area contributed by atoms with Crippen molar-refractivity contribution in [3.05, 3.63) is 65.5 Å². The number of pyridine rings is 1. The van der Waals surface area contributed by atoms with Gasteiger partial charge in [0.2, 0.25) is 0 Å². The first kappa shape index (κ1) is 23.6. The van der Waals surface area contributed by atoms with Crippen LogP contribution < -0.4 is 0 Å². The van der Waals surface area contributed by atoms with Gasteiger partial charge in [0.05, 0.1) is 17.8 Å². The van der Waals surface area contributed by atoms with E-state index in [1.165, 1.54) is 40.3 Å². The first-order valence-corrected chi connectivity index (χ1v) is 15.1. The van der Waals surface area contributed by atoms with E-state index in [4.69, 9.17) is 4.74 Å². The van der Waals surface area contributed by atoms with Crippen LogP contribution in [0.1, 0.15) is 57.4 Å². The number of rotatable bonds is 2. The Morgan fingerprint density at radius 2 is 1.85 bits per heavy atom. The molecule has 204 valence electrons. The number of benzene rings is 1. The number of likely N-dealkylation sites (tertiary alicyclic amines) is 1. The third-order valence-corrected chi connectivity index (χ3v) is 12.8.